The van der Waals surface area contributed by atoms with Crippen molar-refractivity contribution in [2.24, 2.45) is 5.41 Å². The first kappa shape index (κ1) is 25.7. The third-order valence-corrected chi connectivity index (χ3v) is 3.82. The molecule has 4 N–H and O–H groups in total. The van der Waals surface area contributed by atoms with Crippen LogP contribution >= 0.6 is 7.82 Å². The van der Waals surface area contributed by atoms with E-state index in [9.17, 15) is 9.90 Å². The van der Waals surface area contributed by atoms with E-state index in [-0.39, 0.29) is 18.0 Å². The van der Waals surface area contributed by atoms with Gasteiger partial charge < -0.3 is 29.4 Å². The topological polar surface area (TPSA) is 128 Å². The fourth-order valence-electron chi connectivity index (χ4n) is 2.47. The van der Waals surface area contributed by atoms with Gasteiger partial charge in [-0.15, -0.1) is 0 Å². The molecule has 0 amide bonds. The van der Waals surface area contributed by atoms with Crippen molar-refractivity contribution < 1.29 is 33.9 Å². The minimum Gasteiger partial charge on any atom is -0.465 e. The van der Waals surface area contributed by atoms with Crippen molar-refractivity contribution in [2.75, 3.05) is 32.8 Å². The van der Waals surface area contributed by atoms with Crippen molar-refractivity contribution in [1.29, 1.82) is 0 Å². The van der Waals surface area contributed by atoms with Crippen LogP contribution in [0.4, 0.5) is 0 Å². The van der Waals surface area contributed by atoms with Gasteiger partial charge in [0.15, 0.2) is 0 Å². The summed E-state index contributed by atoms with van der Waals surface area (Å²) in [4.78, 5) is 36.1. The summed E-state index contributed by atoms with van der Waals surface area (Å²) in [7, 11) is -4.64. The highest BCUT2D eigenvalue weighted by Crippen LogP contribution is 2.25. The zero-order chi connectivity index (χ0) is 21.1. The predicted octanol–water partition coefficient (Wildman–Crippen LogP) is 1.75. The van der Waals surface area contributed by atoms with Crippen molar-refractivity contribution in [3.8, 4) is 0 Å². The van der Waals surface area contributed by atoms with E-state index in [1.807, 2.05) is 30.3 Å². The van der Waals surface area contributed by atoms with Crippen molar-refractivity contribution in [3.05, 3.63) is 35.9 Å². The summed E-state index contributed by atoms with van der Waals surface area (Å²) in [5.74, 6) is -0.966. The largest absolute Gasteiger partial charge is 0.466 e. The first-order valence-electron chi connectivity index (χ1n) is 8.76. The molecule has 0 aromatic heterocycles. The van der Waals surface area contributed by atoms with Gasteiger partial charge in [0.1, 0.15) is 5.92 Å². The van der Waals surface area contributed by atoms with Crippen LogP contribution in [0.3, 0.4) is 0 Å². The third kappa shape index (κ3) is 12.7. The lowest BCUT2D eigenvalue weighted by molar-refractivity contribution is -0.149. The van der Waals surface area contributed by atoms with Gasteiger partial charge in [-0.2, -0.15) is 0 Å². The van der Waals surface area contributed by atoms with E-state index in [1.54, 1.807) is 0 Å². The van der Waals surface area contributed by atoms with Crippen LogP contribution in [-0.2, 0) is 14.1 Å². The van der Waals surface area contributed by atoms with Gasteiger partial charge >= 0.3 is 13.8 Å². The van der Waals surface area contributed by atoms with Crippen LogP contribution in [0.15, 0.2) is 30.3 Å². The summed E-state index contributed by atoms with van der Waals surface area (Å²) < 4.78 is 14.4. The quantitative estimate of drug-likeness (QED) is 0.361. The van der Waals surface area contributed by atoms with Gasteiger partial charge in [0.25, 0.3) is 0 Å². The SMILES string of the molecule is CCN(CC)CC(C)(C)COC(=O)C(CO)c1ccccc1.O=P(O)(O)O. The maximum Gasteiger partial charge on any atom is 0.466 e. The molecule has 0 radical (unpaired) electrons. The summed E-state index contributed by atoms with van der Waals surface area (Å²) in [5.41, 5.74) is 0.676. The van der Waals surface area contributed by atoms with Crippen LogP contribution in [0.2, 0.25) is 0 Å². The highest BCUT2D eigenvalue weighted by Gasteiger charge is 2.26. The Hall–Kier alpha value is -1.28. The number of benzene rings is 1. The number of phosphoric acid groups is 1. The molecule has 0 aliphatic carbocycles. The Bertz CT molecular complexity index is 576. The number of carbonyl (C=O) groups is 1. The van der Waals surface area contributed by atoms with Crippen molar-refractivity contribution in [1.82, 2.24) is 4.90 Å². The second-order valence-electron chi connectivity index (χ2n) is 6.89. The van der Waals surface area contributed by atoms with Crippen molar-refractivity contribution in [3.63, 3.8) is 0 Å². The standard InChI is InChI=1S/C18H29NO3.H3O4P/c1-5-19(6-2)13-18(3,4)14-22-17(21)16(12-20)15-10-8-7-9-11-15;1-5(2,3)4/h7-11,16,20H,5-6,12-14H2,1-4H3;(H3,1,2,3,4). The molecule has 1 aromatic carbocycles. The lowest BCUT2D eigenvalue weighted by Gasteiger charge is -2.31. The molecule has 0 aliphatic heterocycles. The lowest BCUT2D eigenvalue weighted by Crippen LogP contribution is -2.38. The average Bonchev–Trinajstić information content (AvgIpc) is 2.58. The number of hydrogen-bond acceptors (Lipinski definition) is 5. The normalized spacial score (nSPS) is 12.9. The zero-order valence-corrected chi connectivity index (χ0v) is 17.3. The number of nitrogens with zero attached hydrogens (tertiary/aromatic N) is 1. The molecule has 0 aliphatic rings. The molecule has 0 heterocycles. The number of ether oxygens (including phenoxy) is 1. The Morgan fingerprint density at radius 2 is 1.63 bits per heavy atom. The number of carbonyl (C=O) groups excluding carboxylic acids is 1. The van der Waals surface area contributed by atoms with Crippen LogP contribution in [0, 0.1) is 5.41 Å². The monoisotopic (exact) mass is 405 g/mol. The molecular formula is C18H32NO7P. The zero-order valence-electron chi connectivity index (χ0n) is 16.4. The molecule has 156 valence electrons. The lowest BCUT2D eigenvalue weighted by atomic mass is 9.93. The van der Waals surface area contributed by atoms with E-state index in [0.717, 1.165) is 25.2 Å². The minimum atomic E-state index is -4.64. The molecule has 1 atom stereocenters. The summed E-state index contributed by atoms with van der Waals surface area (Å²) in [6.07, 6.45) is 0. The van der Waals surface area contributed by atoms with Gasteiger partial charge in [0, 0.05) is 12.0 Å². The van der Waals surface area contributed by atoms with Gasteiger partial charge in [-0.1, -0.05) is 58.0 Å². The number of rotatable bonds is 9. The van der Waals surface area contributed by atoms with E-state index in [1.165, 1.54) is 0 Å². The van der Waals surface area contributed by atoms with E-state index in [0.29, 0.717) is 6.61 Å². The number of esters is 1. The molecule has 0 saturated heterocycles. The van der Waals surface area contributed by atoms with Gasteiger partial charge in [-0.25, -0.2) is 4.57 Å². The molecular weight excluding hydrogens is 373 g/mol. The highest BCUT2D eigenvalue weighted by molar-refractivity contribution is 7.45. The maximum atomic E-state index is 12.3. The molecule has 1 rings (SSSR count). The van der Waals surface area contributed by atoms with Crippen molar-refractivity contribution >= 4 is 13.8 Å². The van der Waals surface area contributed by atoms with Gasteiger partial charge in [0.2, 0.25) is 0 Å². The molecule has 1 aromatic rings. The number of aliphatic hydroxyl groups excluding tert-OH is 1. The van der Waals surface area contributed by atoms with Crippen LogP contribution < -0.4 is 0 Å². The average molecular weight is 405 g/mol. The Kier molecular flexibility index (Phi) is 11.7. The summed E-state index contributed by atoms with van der Waals surface area (Å²) >= 11 is 0. The molecule has 9 heteroatoms. The summed E-state index contributed by atoms with van der Waals surface area (Å²) in [5, 5.41) is 9.49. The molecule has 0 bridgehead atoms. The third-order valence-electron chi connectivity index (χ3n) is 3.82. The molecule has 27 heavy (non-hydrogen) atoms. The molecule has 0 saturated carbocycles. The van der Waals surface area contributed by atoms with Crippen molar-refractivity contribution in [2.45, 2.75) is 33.6 Å². The predicted molar refractivity (Wildman–Crippen MR) is 103 cm³/mol. The van der Waals surface area contributed by atoms with E-state index < -0.39 is 13.7 Å². The fraction of sp³-hybridized carbons (Fsp3) is 0.611. The maximum absolute atomic E-state index is 12.3. The first-order valence-corrected chi connectivity index (χ1v) is 10.3. The van der Waals surface area contributed by atoms with E-state index in [4.69, 9.17) is 24.0 Å². The number of hydrogen-bond donors (Lipinski definition) is 4. The Balaban J connectivity index is 0.00000119. The highest BCUT2D eigenvalue weighted by atomic mass is 31.2. The van der Waals surface area contributed by atoms with Crippen LogP contribution in [-0.4, -0.2) is 63.5 Å². The van der Waals surface area contributed by atoms with Gasteiger partial charge in [-0.3, -0.25) is 4.79 Å². The Labute approximate surface area is 161 Å². The molecule has 0 fully saturated rings. The molecule has 1 unspecified atom stereocenters. The number of aliphatic hydroxyl groups is 1. The second kappa shape index (κ2) is 12.2. The smallest absolute Gasteiger partial charge is 0.465 e. The Morgan fingerprint density at radius 3 is 2.04 bits per heavy atom. The minimum absolute atomic E-state index is 0.113. The van der Waals surface area contributed by atoms with Crippen LogP contribution in [0.5, 0.6) is 0 Å². The molecule has 8 nitrogen and oxygen atoms in total. The van der Waals surface area contributed by atoms with Crippen LogP contribution in [0.1, 0.15) is 39.2 Å². The fourth-order valence-corrected chi connectivity index (χ4v) is 2.47. The van der Waals surface area contributed by atoms with Gasteiger partial charge in [-0.05, 0) is 18.7 Å². The van der Waals surface area contributed by atoms with E-state index >= 15 is 0 Å². The Morgan fingerprint density at radius 1 is 1.15 bits per heavy atom. The summed E-state index contributed by atoms with van der Waals surface area (Å²) in [6, 6.07) is 9.27. The van der Waals surface area contributed by atoms with Gasteiger partial charge in [0.05, 0.1) is 13.2 Å². The van der Waals surface area contributed by atoms with Crippen LogP contribution in [0.25, 0.3) is 0 Å². The first-order chi connectivity index (χ1) is 12.4. The molecule has 0 spiro atoms. The second-order valence-corrected chi connectivity index (χ2v) is 7.92. The van der Waals surface area contributed by atoms with E-state index in [2.05, 4.69) is 32.6 Å². The summed E-state index contributed by atoms with van der Waals surface area (Å²) in [6.45, 7) is 11.4.